The Morgan fingerprint density at radius 3 is 2.79 bits per heavy atom. The molecule has 0 amide bonds. The minimum Gasteiger partial charge on any atom is -0.386 e. The lowest BCUT2D eigenvalue weighted by atomic mass is 9.97. The molecule has 1 fully saturated rings. The van der Waals surface area contributed by atoms with Crippen LogP contribution in [-0.4, -0.2) is 36.9 Å². The summed E-state index contributed by atoms with van der Waals surface area (Å²) in [5.74, 6) is 1.57. The highest BCUT2D eigenvalue weighted by Gasteiger charge is 2.29. The van der Waals surface area contributed by atoms with Crippen molar-refractivity contribution in [3.05, 3.63) is 90.4 Å². The molecule has 1 saturated carbocycles. The van der Waals surface area contributed by atoms with Gasteiger partial charge >= 0.3 is 0 Å². The Morgan fingerprint density at radius 1 is 1.24 bits per heavy atom. The number of hydrogen-bond acceptors (Lipinski definition) is 6. The predicted molar refractivity (Wildman–Crippen MR) is 157 cm³/mol. The molecule has 196 valence electrons. The van der Waals surface area contributed by atoms with Gasteiger partial charge in [0, 0.05) is 64.6 Å². The molecule has 5 rings (SSSR count). The van der Waals surface area contributed by atoms with Crippen LogP contribution in [0, 0.1) is 0 Å². The Kier molecular flexibility index (Phi) is 6.93. The van der Waals surface area contributed by atoms with Crippen LogP contribution in [0.5, 0.6) is 0 Å². The molecule has 3 aromatic heterocycles. The highest BCUT2D eigenvalue weighted by atomic mass is 15.1. The first kappa shape index (κ1) is 25.5. The van der Waals surface area contributed by atoms with Crippen LogP contribution < -0.4 is 11.1 Å². The Morgan fingerprint density at radius 2 is 2.05 bits per heavy atom. The molecule has 0 unspecified atom stereocenters. The third-order valence-corrected chi connectivity index (χ3v) is 7.42. The molecule has 0 spiro atoms. The summed E-state index contributed by atoms with van der Waals surface area (Å²) in [5, 5.41) is 3.46. The monoisotopic (exact) mass is 507 g/mol. The van der Waals surface area contributed by atoms with Gasteiger partial charge in [0.2, 0.25) is 0 Å². The first-order valence-electron chi connectivity index (χ1n) is 13.4. The molecule has 7 nitrogen and oxygen atoms in total. The van der Waals surface area contributed by atoms with Gasteiger partial charge in [0.25, 0.3) is 0 Å². The van der Waals surface area contributed by atoms with E-state index in [0.29, 0.717) is 17.6 Å². The van der Waals surface area contributed by atoms with Crippen molar-refractivity contribution in [1.29, 1.82) is 0 Å². The van der Waals surface area contributed by atoms with Crippen LogP contribution in [0.4, 0.5) is 5.82 Å². The van der Waals surface area contributed by atoms with Crippen molar-refractivity contribution in [2.45, 2.75) is 57.9 Å². The molecular formula is C31H37N7. The number of fused-ring (bicyclic) bond motifs is 1. The topological polar surface area (TPSA) is 95.8 Å². The van der Waals surface area contributed by atoms with E-state index in [4.69, 9.17) is 15.7 Å². The van der Waals surface area contributed by atoms with E-state index in [1.165, 1.54) is 0 Å². The highest BCUT2D eigenvalue weighted by Crippen LogP contribution is 2.42. The van der Waals surface area contributed by atoms with Gasteiger partial charge in [-0.15, -0.1) is 6.58 Å². The van der Waals surface area contributed by atoms with Crippen LogP contribution in [-0.2, 0) is 0 Å². The van der Waals surface area contributed by atoms with E-state index in [9.17, 15) is 0 Å². The number of anilines is 1. The molecule has 0 bridgehead atoms. The smallest absolute Gasteiger partial charge is 0.160 e. The van der Waals surface area contributed by atoms with E-state index in [0.717, 1.165) is 77.3 Å². The highest BCUT2D eigenvalue weighted by molar-refractivity contribution is 5.88. The average Bonchev–Trinajstić information content (AvgIpc) is 3.65. The molecule has 0 atom stereocenters. The van der Waals surface area contributed by atoms with E-state index >= 15 is 0 Å². The fraction of sp³-hybridized carbons (Fsp3) is 0.323. The standard InChI is InChI=1S/C31H37N7/c1-6-8-17-38-19-25(22-11-14-33-28(22)20(38)3)27-18-26(21-9-10-21)36-30(37-27)24-12-15-34-29(32)23(24)13-16-35-31(4,5)7-2/h6,11-16,18-19,21,33,35H,1,3,7-10,17H2,2,4-5H3,(H2,32,34)/b16-13-. The summed E-state index contributed by atoms with van der Waals surface area (Å²) in [4.78, 5) is 20.1. The van der Waals surface area contributed by atoms with Crippen LogP contribution in [0.2, 0.25) is 0 Å². The number of nitrogens with one attached hydrogen (secondary N) is 2. The van der Waals surface area contributed by atoms with E-state index in [1.807, 2.05) is 30.6 Å². The summed E-state index contributed by atoms with van der Waals surface area (Å²) in [6.45, 7) is 15.5. The van der Waals surface area contributed by atoms with E-state index < -0.39 is 0 Å². The zero-order valence-electron chi connectivity index (χ0n) is 22.6. The summed E-state index contributed by atoms with van der Waals surface area (Å²) in [6.07, 6.45) is 15.8. The molecule has 0 radical (unpaired) electrons. The summed E-state index contributed by atoms with van der Waals surface area (Å²) in [7, 11) is 0. The molecule has 7 heteroatoms. The lowest BCUT2D eigenvalue weighted by molar-refractivity contribution is 0.429. The molecule has 1 aliphatic carbocycles. The Hall–Kier alpha value is -4.13. The lowest BCUT2D eigenvalue weighted by Crippen LogP contribution is -2.34. The van der Waals surface area contributed by atoms with Gasteiger partial charge in [0.05, 0.1) is 17.1 Å². The maximum absolute atomic E-state index is 6.38. The number of nitrogen functional groups attached to an aromatic ring is 1. The van der Waals surface area contributed by atoms with Gasteiger partial charge in [-0.05, 0) is 70.0 Å². The quantitative estimate of drug-likeness (QED) is 0.278. The minimum atomic E-state index is -0.0214. The van der Waals surface area contributed by atoms with Gasteiger partial charge in [-0.25, -0.2) is 15.0 Å². The van der Waals surface area contributed by atoms with E-state index in [2.05, 4.69) is 72.4 Å². The van der Waals surface area contributed by atoms with Crippen molar-refractivity contribution < 1.29 is 0 Å². The van der Waals surface area contributed by atoms with Gasteiger partial charge in [-0.3, -0.25) is 0 Å². The number of aromatic nitrogens is 4. The maximum Gasteiger partial charge on any atom is 0.160 e. The second-order valence-electron chi connectivity index (χ2n) is 10.7. The van der Waals surface area contributed by atoms with Crippen molar-refractivity contribution in [2.75, 3.05) is 12.3 Å². The molecule has 0 aromatic carbocycles. The van der Waals surface area contributed by atoms with Crippen molar-refractivity contribution in [1.82, 2.24) is 30.2 Å². The summed E-state index contributed by atoms with van der Waals surface area (Å²) in [6, 6.07) is 6.19. The van der Waals surface area contributed by atoms with Crippen molar-refractivity contribution in [2.24, 2.45) is 0 Å². The van der Waals surface area contributed by atoms with Gasteiger partial charge < -0.3 is 20.9 Å². The van der Waals surface area contributed by atoms with Crippen LogP contribution in [0.3, 0.4) is 0 Å². The normalized spacial score (nSPS) is 15.5. The van der Waals surface area contributed by atoms with Gasteiger partial charge in [0.15, 0.2) is 5.82 Å². The lowest BCUT2D eigenvalue weighted by Gasteiger charge is -2.29. The van der Waals surface area contributed by atoms with E-state index in [1.54, 1.807) is 6.20 Å². The molecular weight excluding hydrogens is 470 g/mol. The van der Waals surface area contributed by atoms with Crippen LogP contribution in [0.1, 0.15) is 80.6 Å². The molecule has 4 heterocycles. The number of rotatable bonds is 10. The average molecular weight is 508 g/mol. The first-order valence-corrected chi connectivity index (χ1v) is 13.4. The SMILES string of the molecule is C=CCCN1C=C(c2cc(C3CC3)nc(-c3ccnc(N)c3/C=C\NC(C)(C)CC)n2)c2cc[nH]c2C1=C. The first-order chi connectivity index (χ1) is 18.3. The number of nitrogens with zero attached hydrogens (tertiary/aromatic N) is 4. The summed E-state index contributed by atoms with van der Waals surface area (Å²) < 4.78 is 0. The van der Waals surface area contributed by atoms with Crippen molar-refractivity contribution >= 4 is 23.2 Å². The molecule has 3 aromatic rings. The fourth-order valence-corrected chi connectivity index (χ4v) is 4.54. The summed E-state index contributed by atoms with van der Waals surface area (Å²) in [5.41, 5.74) is 14.1. The van der Waals surface area contributed by atoms with Crippen LogP contribution >= 0.6 is 0 Å². The maximum atomic E-state index is 6.38. The number of nitrogens with two attached hydrogens (primary N) is 1. The summed E-state index contributed by atoms with van der Waals surface area (Å²) >= 11 is 0. The Labute approximate surface area is 225 Å². The van der Waals surface area contributed by atoms with Gasteiger partial charge in [-0.1, -0.05) is 19.6 Å². The third kappa shape index (κ3) is 5.14. The molecule has 4 N–H and O–H groups in total. The Bertz CT molecular complexity index is 1420. The van der Waals surface area contributed by atoms with Crippen LogP contribution in [0.25, 0.3) is 28.7 Å². The van der Waals surface area contributed by atoms with Crippen molar-refractivity contribution in [3.63, 3.8) is 0 Å². The zero-order chi connectivity index (χ0) is 26.9. The predicted octanol–water partition coefficient (Wildman–Crippen LogP) is 6.33. The number of hydrogen-bond donors (Lipinski definition) is 3. The van der Waals surface area contributed by atoms with Gasteiger partial charge in [0.1, 0.15) is 5.82 Å². The molecule has 2 aliphatic rings. The van der Waals surface area contributed by atoms with Crippen LogP contribution in [0.15, 0.2) is 62.2 Å². The fourth-order valence-electron chi connectivity index (χ4n) is 4.54. The molecule has 38 heavy (non-hydrogen) atoms. The zero-order valence-corrected chi connectivity index (χ0v) is 22.6. The second-order valence-corrected chi connectivity index (χ2v) is 10.7. The van der Waals surface area contributed by atoms with E-state index in [-0.39, 0.29) is 5.54 Å². The Balaban J connectivity index is 1.61. The molecule has 0 saturated heterocycles. The largest absolute Gasteiger partial charge is 0.386 e. The van der Waals surface area contributed by atoms with Crippen molar-refractivity contribution in [3.8, 4) is 11.4 Å². The minimum absolute atomic E-state index is 0.0214. The molecule has 1 aliphatic heterocycles. The number of aromatic amines is 1. The third-order valence-electron chi connectivity index (χ3n) is 7.42. The van der Waals surface area contributed by atoms with Gasteiger partial charge in [-0.2, -0.15) is 0 Å². The number of pyridine rings is 1. The number of H-pyrrole nitrogens is 1. The second kappa shape index (κ2) is 10.3.